The Bertz CT molecular complexity index is 607. The van der Waals surface area contributed by atoms with Gasteiger partial charge in [0.1, 0.15) is 12.4 Å². The SMILES string of the molecule is Nc1ccc(=O)n(CC(=O)Nc2ccccn2)c1. The zero-order valence-corrected chi connectivity index (χ0v) is 9.54. The fourth-order valence-corrected chi connectivity index (χ4v) is 1.45. The Morgan fingerprint density at radius 2 is 2.17 bits per heavy atom. The van der Waals surface area contributed by atoms with Crippen LogP contribution in [0, 0.1) is 0 Å². The highest BCUT2D eigenvalue weighted by molar-refractivity contribution is 5.89. The molecule has 0 radical (unpaired) electrons. The van der Waals surface area contributed by atoms with Crippen molar-refractivity contribution in [2.75, 3.05) is 11.1 Å². The summed E-state index contributed by atoms with van der Waals surface area (Å²) in [5, 5.41) is 2.59. The van der Waals surface area contributed by atoms with Crippen LogP contribution in [0.5, 0.6) is 0 Å². The third-order valence-corrected chi connectivity index (χ3v) is 2.25. The Labute approximate surface area is 103 Å². The first-order valence-corrected chi connectivity index (χ1v) is 5.32. The molecule has 2 heterocycles. The Morgan fingerprint density at radius 3 is 2.89 bits per heavy atom. The van der Waals surface area contributed by atoms with E-state index in [9.17, 15) is 9.59 Å². The standard InChI is InChI=1S/C12H12N4O2/c13-9-4-5-12(18)16(7-9)8-11(17)15-10-3-1-2-6-14-10/h1-7H,8,13H2,(H,14,15,17). The number of carbonyl (C=O) groups is 1. The largest absolute Gasteiger partial charge is 0.398 e. The summed E-state index contributed by atoms with van der Waals surface area (Å²) in [5.41, 5.74) is 5.71. The van der Waals surface area contributed by atoms with Gasteiger partial charge < -0.3 is 15.6 Å². The summed E-state index contributed by atoms with van der Waals surface area (Å²) < 4.78 is 1.24. The van der Waals surface area contributed by atoms with Gasteiger partial charge >= 0.3 is 0 Å². The summed E-state index contributed by atoms with van der Waals surface area (Å²) in [6.07, 6.45) is 3.00. The van der Waals surface area contributed by atoms with Gasteiger partial charge in [0.05, 0.1) is 0 Å². The highest BCUT2D eigenvalue weighted by Gasteiger charge is 2.05. The lowest BCUT2D eigenvalue weighted by atomic mass is 10.4. The van der Waals surface area contributed by atoms with Crippen LogP contribution in [-0.4, -0.2) is 15.5 Å². The number of hydrogen-bond donors (Lipinski definition) is 2. The van der Waals surface area contributed by atoms with E-state index in [-0.39, 0.29) is 18.0 Å². The van der Waals surface area contributed by atoms with Crippen molar-refractivity contribution in [3.05, 3.63) is 53.1 Å². The van der Waals surface area contributed by atoms with E-state index in [0.29, 0.717) is 11.5 Å². The maximum absolute atomic E-state index is 11.7. The second kappa shape index (κ2) is 5.13. The first-order chi connectivity index (χ1) is 8.65. The molecule has 0 fully saturated rings. The summed E-state index contributed by atoms with van der Waals surface area (Å²) in [4.78, 5) is 27.1. The monoisotopic (exact) mass is 244 g/mol. The maximum atomic E-state index is 11.7. The number of nitrogen functional groups attached to an aromatic ring is 1. The van der Waals surface area contributed by atoms with E-state index in [1.807, 2.05) is 0 Å². The third-order valence-electron chi connectivity index (χ3n) is 2.25. The van der Waals surface area contributed by atoms with Gasteiger partial charge in [0.2, 0.25) is 5.91 Å². The molecule has 0 aliphatic heterocycles. The number of aromatic nitrogens is 2. The summed E-state index contributed by atoms with van der Waals surface area (Å²) in [5.74, 6) is 0.112. The van der Waals surface area contributed by atoms with Crippen LogP contribution in [0.1, 0.15) is 0 Å². The van der Waals surface area contributed by atoms with Crippen molar-refractivity contribution in [2.24, 2.45) is 0 Å². The first kappa shape index (κ1) is 11.8. The molecular formula is C12H12N4O2. The number of pyridine rings is 2. The lowest BCUT2D eigenvalue weighted by Gasteiger charge is -2.07. The molecule has 0 bridgehead atoms. The Morgan fingerprint density at radius 1 is 1.33 bits per heavy atom. The van der Waals surface area contributed by atoms with E-state index in [2.05, 4.69) is 10.3 Å². The van der Waals surface area contributed by atoms with Gasteiger partial charge in [-0.2, -0.15) is 0 Å². The van der Waals surface area contributed by atoms with E-state index >= 15 is 0 Å². The molecule has 3 N–H and O–H groups in total. The molecule has 6 nitrogen and oxygen atoms in total. The molecule has 0 aliphatic rings. The molecule has 0 saturated carbocycles. The van der Waals surface area contributed by atoms with E-state index in [0.717, 1.165) is 0 Å². The van der Waals surface area contributed by atoms with Crippen molar-refractivity contribution in [3.63, 3.8) is 0 Å². The number of nitrogens with one attached hydrogen (secondary N) is 1. The summed E-state index contributed by atoms with van der Waals surface area (Å²) in [7, 11) is 0. The molecule has 0 aliphatic carbocycles. The minimum absolute atomic E-state index is 0.0968. The number of rotatable bonds is 3. The van der Waals surface area contributed by atoms with Gasteiger partial charge in [-0.05, 0) is 18.2 Å². The highest BCUT2D eigenvalue weighted by atomic mass is 16.2. The van der Waals surface area contributed by atoms with Crippen LogP contribution in [0.15, 0.2) is 47.5 Å². The minimum Gasteiger partial charge on any atom is -0.398 e. The van der Waals surface area contributed by atoms with E-state index in [1.165, 1.54) is 22.9 Å². The van der Waals surface area contributed by atoms with E-state index < -0.39 is 0 Å². The predicted octanol–water partition coefficient (Wildman–Crippen LogP) is 0.464. The minimum atomic E-state index is -0.332. The van der Waals surface area contributed by atoms with Crippen LogP contribution in [-0.2, 0) is 11.3 Å². The summed E-state index contributed by atoms with van der Waals surface area (Å²) in [6.45, 7) is -0.0968. The van der Waals surface area contributed by atoms with Gasteiger partial charge in [-0.15, -0.1) is 0 Å². The van der Waals surface area contributed by atoms with E-state index in [4.69, 9.17) is 5.73 Å². The number of nitrogens with two attached hydrogens (primary N) is 1. The van der Waals surface area contributed by atoms with Crippen LogP contribution in [0.4, 0.5) is 11.5 Å². The van der Waals surface area contributed by atoms with Gasteiger partial charge in [-0.1, -0.05) is 6.07 Å². The summed E-state index contributed by atoms with van der Waals surface area (Å²) >= 11 is 0. The molecule has 0 spiro atoms. The number of anilines is 2. The Balaban J connectivity index is 2.08. The Kier molecular flexibility index (Phi) is 3.38. The molecule has 2 aromatic rings. The van der Waals surface area contributed by atoms with Gasteiger partial charge in [-0.3, -0.25) is 9.59 Å². The Hall–Kier alpha value is -2.63. The second-order valence-electron chi connectivity index (χ2n) is 3.69. The van der Waals surface area contributed by atoms with Crippen LogP contribution in [0.25, 0.3) is 0 Å². The average Bonchev–Trinajstić information content (AvgIpc) is 2.35. The highest BCUT2D eigenvalue weighted by Crippen LogP contribution is 2.00. The maximum Gasteiger partial charge on any atom is 0.251 e. The van der Waals surface area contributed by atoms with Crippen LogP contribution < -0.4 is 16.6 Å². The van der Waals surface area contributed by atoms with Gasteiger partial charge in [0, 0.05) is 24.1 Å². The van der Waals surface area contributed by atoms with Crippen molar-refractivity contribution in [1.29, 1.82) is 0 Å². The van der Waals surface area contributed by atoms with Crippen LogP contribution in [0.2, 0.25) is 0 Å². The third kappa shape index (κ3) is 2.94. The molecule has 0 atom stereocenters. The number of carbonyl (C=O) groups excluding carboxylic acids is 1. The smallest absolute Gasteiger partial charge is 0.251 e. The molecule has 2 rings (SSSR count). The summed E-state index contributed by atoms with van der Waals surface area (Å²) in [6, 6.07) is 7.99. The number of nitrogens with zero attached hydrogens (tertiary/aromatic N) is 2. The molecule has 0 unspecified atom stereocenters. The molecule has 2 aromatic heterocycles. The molecule has 6 heteroatoms. The second-order valence-corrected chi connectivity index (χ2v) is 3.69. The quantitative estimate of drug-likeness (QED) is 0.821. The van der Waals surface area contributed by atoms with Crippen molar-refractivity contribution >= 4 is 17.4 Å². The lowest BCUT2D eigenvalue weighted by molar-refractivity contribution is -0.116. The fourth-order valence-electron chi connectivity index (χ4n) is 1.45. The molecule has 18 heavy (non-hydrogen) atoms. The molecule has 0 aromatic carbocycles. The first-order valence-electron chi connectivity index (χ1n) is 5.32. The van der Waals surface area contributed by atoms with Crippen LogP contribution in [0.3, 0.4) is 0 Å². The zero-order valence-electron chi connectivity index (χ0n) is 9.54. The van der Waals surface area contributed by atoms with Gasteiger partial charge in [0.25, 0.3) is 5.56 Å². The van der Waals surface area contributed by atoms with Crippen molar-refractivity contribution in [2.45, 2.75) is 6.54 Å². The fraction of sp³-hybridized carbons (Fsp3) is 0.0833. The average molecular weight is 244 g/mol. The van der Waals surface area contributed by atoms with Gasteiger partial charge in [-0.25, -0.2) is 4.98 Å². The molecule has 1 amide bonds. The van der Waals surface area contributed by atoms with Crippen molar-refractivity contribution in [1.82, 2.24) is 9.55 Å². The topological polar surface area (TPSA) is 90.0 Å². The predicted molar refractivity (Wildman–Crippen MR) is 68.0 cm³/mol. The number of amides is 1. The molecule has 92 valence electrons. The lowest BCUT2D eigenvalue weighted by Crippen LogP contribution is -2.27. The van der Waals surface area contributed by atoms with Crippen molar-refractivity contribution < 1.29 is 4.79 Å². The van der Waals surface area contributed by atoms with E-state index in [1.54, 1.807) is 24.4 Å². The molecule has 0 saturated heterocycles. The van der Waals surface area contributed by atoms with Crippen LogP contribution >= 0.6 is 0 Å². The molecular weight excluding hydrogens is 232 g/mol. The normalized spacial score (nSPS) is 10.0. The van der Waals surface area contributed by atoms with Crippen molar-refractivity contribution in [3.8, 4) is 0 Å². The zero-order chi connectivity index (χ0) is 13.0. The number of hydrogen-bond acceptors (Lipinski definition) is 4. The van der Waals surface area contributed by atoms with Gasteiger partial charge in [0.15, 0.2) is 0 Å².